The van der Waals surface area contributed by atoms with Crippen molar-refractivity contribution in [2.24, 2.45) is 0 Å². The van der Waals surface area contributed by atoms with Gasteiger partial charge < -0.3 is 10.2 Å². The molecular weight excluding hydrogens is 272 g/mol. The van der Waals surface area contributed by atoms with Crippen molar-refractivity contribution in [3.8, 4) is 0 Å². The van der Waals surface area contributed by atoms with Crippen molar-refractivity contribution in [1.82, 2.24) is 20.4 Å². The summed E-state index contributed by atoms with van der Waals surface area (Å²) in [7, 11) is 0. The van der Waals surface area contributed by atoms with E-state index in [0.29, 0.717) is 6.54 Å². The number of carbonyl (C=O) groups excluding carboxylic acids is 1. The van der Waals surface area contributed by atoms with Crippen LogP contribution in [0.1, 0.15) is 35.5 Å². The molecule has 2 aromatic heterocycles. The van der Waals surface area contributed by atoms with Gasteiger partial charge in [0.25, 0.3) is 0 Å². The molecular formula is C14H18N4OS. The number of urea groups is 1. The fourth-order valence-electron chi connectivity index (χ4n) is 2.74. The van der Waals surface area contributed by atoms with E-state index >= 15 is 0 Å². The quantitative estimate of drug-likeness (QED) is 0.913. The minimum absolute atomic E-state index is 0.00306. The zero-order valence-electron chi connectivity index (χ0n) is 11.4. The van der Waals surface area contributed by atoms with Crippen LogP contribution in [0.3, 0.4) is 0 Å². The van der Waals surface area contributed by atoms with Crippen molar-refractivity contribution in [2.75, 3.05) is 6.54 Å². The predicted molar refractivity (Wildman–Crippen MR) is 78.6 cm³/mol. The van der Waals surface area contributed by atoms with E-state index in [-0.39, 0.29) is 12.1 Å². The van der Waals surface area contributed by atoms with E-state index in [4.69, 9.17) is 0 Å². The number of thiophene rings is 1. The standard InChI is InChI=1S/C14H18N4OS/c1-2-12-11-5-8-20-13(11)4-7-18(12)14(19)15-9-10-3-6-16-17-10/h3,5-6,8,12H,2,4,7,9H2,1H3,(H,15,19)(H,16,17)/t12-/m1/s1. The molecule has 0 unspecified atom stereocenters. The first-order chi connectivity index (χ1) is 9.79. The van der Waals surface area contributed by atoms with Crippen molar-refractivity contribution in [1.29, 1.82) is 0 Å². The normalized spacial score (nSPS) is 17.9. The van der Waals surface area contributed by atoms with Gasteiger partial charge in [-0.3, -0.25) is 5.10 Å². The summed E-state index contributed by atoms with van der Waals surface area (Å²) in [6.07, 6.45) is 3.59. The molecule has 3 rings (SSSR count). The molecule has 0 spiro atoms. The van der Waals surface area contributed by atoms with E-state index in [1.54, 1.807) is 17.5 Å². The second-order valence-electron chi connectivity index (χ2n) is 4.91. The van der Waals surface area contributed by atoms with Crippen LogP contribution < -0.4 is 5.32 Å². The highest BCUT2D eigenvalue weighted by Gasteiger charge is 2.30. The highest BCUT2D eigenvalue weighted by Crippen LogP contribution is 2.35. The van der Waals surface area contributed by atoms with Crippen LogP contribution in [0.4, 0.5) is 4.79 Å². The topological polar surface area (TPSA) is 61.0 Å². The smallest absolute Gasteiger partial charge is 0.318 e. The Hall–Kier alpha value is -1.82. The summed E-state index contributed by atoms with van der Waals surface area (Å²) < 4.78 is 0. The Bertz CT molecular complexity index is 578. The van der Waals surface area contributed by atoms with E-state index in [2.05, 4.69) is 33.9 Å². The molecule has 20 heavy (non-hydrogen) atoms. The number of nitrogens with zero attached hydrogens (tertiary/aromatic N) is 2. The molecule has 2 amide bonds. The molecule has 6 heteroatoms. The van der Waals surface area contributed by atoms with Crippen molar-refractivity contribution >= 4 is 17.4 Å². The minimum Gasteiger partial charge on any atom is -0.332 e. The average Bonchev–Trinajstić information content (AvgIpc) is 3.14. The first-order valence-corrected chi connectivity index (χ1v) is 7.76. The van der Waals surface area contributed by atoms with Gasteiger partial charge in [-0.2, -0.15) is 5.10 Å². The van der Waals surface area contributed by atoms with E-state index in [1.807, 2.05) is 11.0 Å². The van der Waals surface area contributed by atoms with E-state index in [1.165, 1.54) is 10.4 Å². The third-order valence-corrected chi connectivity index (χ3v) is 4.73. The zero-order chi connectivity index (χ0) is 13.9. The maximum absolute atomic E-state index is 12.4. The third kappa shape index (κ3) is 2.43. The Kier molecular flexibility index (Phi) is 3.73. The van der Waals surface area contributed by atoms with Gasteiger partial charge in [-0.1, -0.05) is 6.92 Å². The van der Waals surface area contributed by atoms with Crippen LogP contribution in [0.2, 0.25) is 0 Å². The fraction of sp³-hybridized carbons (Fsp3) is 0.429. The van der Waals surface area contributed by atoms with Gasteiger partial charge in [0.05, 0.1) is 18.3 Å². The summed E-state index contributed by atoms with van der Waals surface area (Å²) in [5.74, 6) is 0. The number of rotatable bonds is 3. The Morgan fingerprint density at radius 1 is 1.60 bits per heavy atom. The Balaban J connectivity index is 1.68. The fourth-order valence-corrected chi connectivity index (χ4v) is 3.66. The lowest BCUT2D eigenvalue weighted by Gasteiger charge is -2.35. The van der Waals surface area contributed by atoms with Gasteiger partial charge >= 0.3 is 6.03 Å². The lowest BCUT2D eigenvalue weighted by molar-refractivity contribution is 0.167. The van der Waals surface area contributed by atoms with Crippen LogP contribution in [0.25, 0.3) is 0 Å². The molecule has 0 aliphatic carbocycles. The summed E-state index contributed by atoms with van der Waals surface area (Å²) in [6.45, 7) is 3.41. The van der Waals surface area contributed by atoms with Crippen LogP contribution in [-0.2, 0) is 13.0 Å². The number of hydrogen-bond acceptors (Lipinski definition) is 3. The molecule has 1 atom stereocenters. The van der Waals surface area contributed by atoms with Crippen LogP contribution >= 0.6 is 11.3 Å². The second-order valence-corrected chi connectivity index (χ2v) is 5.91. The molecule has 106 valence electrons. The predicted octanol–water partition coefficient (Wildman–Crippen LogP) is 2.69. The van der Waals surface area contributed by atoms with E-state index in [0.717, 1.165) is 25.1 Å². The van der Waals surface area contributed by atoms with Crippen molar-refractivity contribution in [2.45, 2.75) is 32.4 Å². The van der Waals surface area contributed by atoms with Gasteiger partial charge in [-0.15, -0.1) is 11.3 Å². The Morgan fingerprint density at radius 3 is 3.25 bits per heavy atom. The Morgan fingerprint density at radius 2 is 2.50 bits per heavy atom. The first-order valence-electron chi connectivity index (χ1n) is 6.88. The molecule has 0 radical (unpaired) electrons. The monoisotopic (exact) mass is 290 g/mol. The summed E-state index contributed by atoms with van der Waals surface area (Å²) in [5.41, 5.74) is 2.24. The molecule has 2 N–H and O–H groups in total. The molecule has 0 bridgehead atoms. The van der Waals surface area contributed by atoms with Gasteiger partial charge in [0.2, 0.25) is 0 Å². The first kappa shape index (κ1) is 13.2. The lowest BCUT2D eigenvalue weighted by atomic mass is 9.98. The van der Waals surface area contributed by atoms with Crippen molar-refractivity contribution in [3.05, 3.63) is 39.8 Å². The Labute approximate surface area is 122 Å². The van der Waals surface area contributed by atoms with Crippen LogP contribution in [0, 0.1) is 0 Å². The maximum atomic E-state index is 12.4. The minimum atomic E-state index is 0.00306. The van der Waals surface area contributed by atoms with Crippen molar-refractivity contribution < 1.29 is 4.79 Å². The van der Waals surface area contributed by atoms with Crippen molar-refractivity contribution in [3.63, 3.8) is 0 Å². The molecule has 3 heterocycles. The molecule has 0 aromatic carbocycles. The van der Waals surface area contributed by atoms with Gasteiger partial charge in [0.15, 0.2) is 0 Å². The number of aromatic amines is 1. The lowest BCUT2D eigenvalue weighted by Crippen LogP contribution is -2.45. The highest BCUT2D eigenvalue weighted by atomic mass is 32.1. The number of nitrogens with one attached hydrogen (secondary N) is 2. The number of fused-ring (bicyclic) bond motifs is 1. The molecule has 1 aliphatic rings. The molecule has 1 aliphatic heterocycles. The highest BCUT2D eigenvalue weighted by molar-refractivity contribution is 7.10. The molecule has 2 aromatic rings. The molecule has 0 saturated carbocycles. The number of hydrogen-bond donors (Lipinski definition) is 2. The van der Waals surface area contributed by atoms with Gasteiger partial charge in [0, 0.05) is 17.6 Å². The van der Waals surface area contributed by atoms with Crippen LogP contribution in [0.5, 0.6) is 0 Å². The number of amides is 2. The molecule has 0 saturated heterocycles. The van der Waals surface area contributed by atoms with E-state index in [9.17, 15) is 4.79 Å². The SMILES string of the molecule is CC[C@@H]1c2ccsc2CCN1C(=O)NCc1ccn[nH]1. The second kappa shape index (κ2) is 5.66. The average molecular weight is 290 g/mol. The third-order valence-electron chi connectivity index (χ3n) is 3.73. The maximum Gasteiger partial charge on any atom is 0.318 e. The summed E-state index contributed by atoms with van der Waals surface area (Å²) in [5, 5.41) is 11.8. The summed E-state index contributed by atoms with van der Waals surface area (Å²) >= 11 is 1.80. The van der Waals surface area contributed by atoms with Crippen LogP contribution in [-0.4, -0.2) is 27.7 Å². The number of H-pyrrole nitrogens is 1. The summed E-state index contributed by atoms with van der Waals surface area (Å²) in [4.78, 5) is 15.8. The zero-order valence-corrected chi connectivity index (χ0v) is 12.2. The molecule has 0 fully saturated rings. The van der Waals surface area contributed by atoms with Gasteiger partial charge in [0.1, 0.15) is 0 Å². The number of carbonyl (C=O) groups is 1. The van der Waals surface area contributed by atoms with Gasteiger partial charge in [-0.05, 0) is 35.9 Å². The summed E-state index contributed by atoms with van der Waals surface area (Å²) in [6, 6.07) is 4.22. The molecule has 5 nitrogen and oxygen atoms in total. The van der Waals surface area contributed by atoms with Gasteiger partial charge in [-0.25, -0.2) is 4.79 Å². The largest absolute Gasteiger partial charge is 0.332 e. The van der Waals surface area contributed by atoms with Crippen LogP contribution in [0.15, 0.2) is 23.7 Å². The number of aromatic nitrogens is 2. The van der Waals surface area contributed by atoms with E-state index < -0.39 is 0 Å².